The summed E-state index contributed by atoms with van der Waals surface area (Å²) in [6.45, 7) is 1.92. The van der Waals surface area contributed by atoms with E-state index < -0.39 is 6.03 Å². The van der Waals surface area contributed by atoms with Crippen molar-refractivity contribution in [2.45, 2.75) is 44.2 Å². The predicted octanol–water partition coefficient (Wildman–Crippen LogP) is 2.23. The lowest BCUT2D eigenvalue weighted by Gasteiger charge is -2.40. The predicted molar refractivity (Wildman–Crippen MR) is 86.4 cm³/mol. The maximum atomic E-state index is 11.1. The summed E-state index contributed by atoms with van der Waals surface area (Å²) < 4.78 is 0. The van der Waals surface area contributed by atoms with Crippen LogP contribution < -0.4 is 11.1 Å². The number of hydrogen-bond acceptors (Lipinski definition) is 3. The van der Waals surface area contributed by atoms with E-state index in [-0.39, 0.29) is 6.04 Å². The minimum Gasteiger partial charge on any atom is -0.352 e. The van der Waals surface area contributed by atoms with Gasteiger partial charge in [0.15, 0.2) is 0 Å². The Morgan fingerprint density at radius 2 is 2.09 bits per heavy atom. The first-order chi connectivity index (χ1) is 10.7. The number of carbonyl (C=O) groups is 2. The van der Waals surface area contributed by atoms with E-state index in [0.29, 0.717) is 12.5 Å². The second kappa shape index (κ2) is 8.54. The Kier molecular flexibility index (Phi) is 6.40. The lowest BCUT2D eigenvalue weighted by Crippen LogP contribution is -2.47. The molecule has 1 saturated heterocycles. The standard InChI is InChI=1S/C17H25N3O2/c18-17(22)19-15-9-11-20(10-5-2-6-12-21)16(13-15)14-7-3-1-4-8-14/h1,3-4,7-8,12,15-16H,2,5-6,9-11,13H2,(H3,18,19,22). The Morgan fingerprint density at radius 1 is 1.32 bits per heavy atom. The molecule has 120 valence electrons. The Labute approximate surface area is 131 Å². The molecular formula is C17H25N3O2. The van der Waals surface area contributed by atoms with Gasteiger partial charge in [-0.3, -0.25) is 4.90 Å². The number of amides is 2. The molecule has 5 nitrogen and oxygen atoms in total. The number of rotatable bonds is 7. The molecule has 2 atom stereocenters. The van der Waals surface area contributed by atoms with E-state index in [4.69, 9.17) is 5.73 Å². The molecule has 2 rings (SSSR count). The minimum absolute atomic E-state index is 0.133. The fourth-order valence-electron chi connectivity index (χ4n) is 3.18. The highest BCUT2D eigenvalue weighted by Crippen LogP contribution is 2.31. The van der Waals surface area contributed by atoms with Crippen LogP contribution >= 0.6 is 0 Å². The topological polar surface area (TPSA) is 75.4 Å². The highest BCUT2D eigenvalue weighted by atomic mass is 16.2. The van der Waals surface area contributed by atoms with Crippen molar-refractivity contribution in [2.24, 2.45) is 5.73 Å². The van der Waals surface area contributed by atoms with Gasteiger partial charge < -0.3 is 15.8 Å². The van der Waals surface area contributed by atoms with Crippen LogP contribution in [0.25, 0.3) is 0 Å². The Morgan fingerprint density at radius 3 is 2.77 bits per heavy atom. The van der Waals surface area contributed by atoms with Crippen LogP contribution in [0, 0.1) is 0 Å². The third-order valence-electron chi connectivity index (χ3n) is 4.26. The number of urea groups is 1. The molecule has 0 saturated carbocycles. The van der Waals surface area contributed by atoms with Gasteiger partial charge in [0.2, 0.25) is 0 Å². The summed E-state index contributed by atoms with van der Waals surface area (Å²) in [6.07, 6.45) is 5.37. The third kappa shape index (κ3) is 4.84. The van der Waals surface area contributed by atoms with Crippen LogP contribution in [0.2, 0.25) is 0 Å². The van der Waals surface area contributed by atoms with E-state index in [9.17, 15) is 9.59 Å². The fraction of sp³-hybridized carbons (Fsp3) is 0.529. The summed E-state index contributed by atoms with van der Waals surface area (Å²) >= 11 is 0. The summed E-state index contributed by atoms with van der Waals surface area (Å²) in [5, 5.41) is 2.84. The van der Waals surface area contributed by atoms with Crippen molar-refractivity contribution < 1.29 is 9.59 Å². The van der Waals surface area contributed by atoms with Gasteiger partial charge in [-0.15, -0.1) is 0 Å². The quantitative estimate of drug-likeness (QED) is 0.599. The van der Waals surface area contributed by atoms with E-state index >= 15 is 0 Å². The first-order valence-electron chi connectivity index (χ1n) is 7.99. The fourth-order valence-corrected chi connectivity index (χ4v) is 3.18. The molecule has 1 aliphatic heterocycles. The second-order valence-electron chi connectivity index (χ2n) is 5.85. The van der Waals surface area contributed by atoms with Crippen LogP contribution in [0.5, 0.6) is 0 Å². The average Bonchev–Trinajstić information content (AvgIpc) is 2.53. The number of hydrogen-bond donors (Lipinski definition) is 2. The van der Waals surface area contributed by atoms with E-state index in [1.54, 1.807) is 0 Å². The smallest absolute Gasteiger partial charge is 0.312 e. The monoisotopic (exact) mass is 303 g/mol. The van der Waals surface area contributed by atoms with Crippen LogP contribution in [0.1, 0.15) is 43.7 Å². The summed E-state index contributed by atoms with van der Waals surface area (Å²) in [5.41, 5.74) is 6.53. The molecule has 1 heterocycles. The molecule has 1 aromatic rings. The molecule has 22 heavy (non-hydrogen) atoms. The number of primary amides is 1. The average molecular weight is 303 g/mol. The zero-order valence-corrected chi connectivity index (χ0v) is 12.9. The molecule has 0 spiro atoms. The maximum Gasteiger partial charge on any atom is 0.312 e. The summed E-state index contributed by atoms with van der Waals surface area (Å²) in [4.78, 5) is 24.0. The van der Waals surface area contributed by atoms with Gasteiger partial charge in [-0.25, -0.2) is 4.79 Å². The second-order valence-corrected chi connectivity index (χ2v) is 5.85. The van der Waals surface area contributed by atoms with Crippen LogP contribution in [0.15, 0.2) is 30.3 Å². The van der Waals surface area contributed by atoms with Gasteiger partial charge in [0, 0.05) is 25.0 Å². The molecule has 0 radical (unpaired) electrons. The number of piperidine rings is 1. The van der Waals surface area contributed by atoms with Crippen molar-refractivity contribution in [2.75, 3.05) is 13.1 Å². The van der Waals surface area contributed by atoms with E-state index in [1.165, 1.54) is 5.56 Å². The SMILES string of the molecule is NC(=O)NC1CCN(CCCCC=O)C(c2ccccc2)C1. The molecular weight excluding hydrogens is 278 g/mol. The molecule has 1 fully saturated rings. The number of benzene rings is 1. The van der Waals surface area contributed by atoms with Gasteiger partial charge in [0.1, 0.15) is 6.29 Å². The number of aldehydes is 1. The van der Waals surface area contributed by atoms with Crippen LogP contribution in [0.3, 0.4) is 0 Å². The Bertz CT molecular complexity index is 478. The van der Waals surface area contributed by atoms with Gasteiger partial charge in [-0.2, -0.15) is 0 Å². The van der Waals surface area contributed by atoms with Crippen LogP contribution in [0.4, 0.5) is 4.79 Å². The lowest BCUT2D eigenvalue weighted by atomic mass is 9.91. The minimum atomic E-state index is -0.448. The number of nitrogens with one attached hydrogen (secondary N) is 1. The van der Waals surface area contributed by atoms with Crippen LogP contribution in [-0.4, -0.2) is 36.3 Å². The first kappa shape index (κ1) is 16.5. The van der Waals surface area contributed by atoms with E-state index in [2.05, 4.69) is 22.3 Å². The van der Waals surface area contributed by atoms with Crippen molar-refractivity contribution >= 4 is 12.3 Å². The number of nitrogens with zero attached hydrogens (tertiary/aromatic N) is 1. The van der Waals surface area contributed by atoms with Crippen molar-refractivity contribution in [1.29, 1.82) is 0 Å². The number of likely N-dealkylation sites (tertiary alicyclic amines) is 1. The molecule has 0 bridgehead atoms. The van der Waals surface area contributed by atoms with Crippen LogP contribution in [-0.2, 0) is 4.79 Å². The molecule has 1 aliphatic rings. The van der Waals surface area contributed by atoms with Gasteiger partial charge in [0.05, 0.1) is 0 Å². The van der Waals surface area contributed by atoms with Gasteiger partial charge in [-0.05, 0) is 37.8 Å². The first-order valence-corrected chi connectivity index (χ1v) is 7.99. The third-order valence-corrected chi connectivity index (χ3v) is 4.26. The molecule has 3 N–H and O–H groups in total. The maximum absolute atomic E-state index is 11.1. The van der Waals surface area contributed by atoms with Crippen molar-refractivity contribution in [3.63, 3.8) is 0 Å². The normalized spacial score (nSPS) is 22.2. The number of carbonyl (C=O) groups excluding carboxylic acids is 2. The largest absolute Gasteiger partial charge is 0.352 e. The molecule has 1 aromatic carbocycles. The zero-order chi connectivity index (χ0) is 15.8. The van der Waals surface area contributed by atoms with Gasteiger partial charge in [0.25, 0.3) is 0 Å². The molecule has 2 unspecified atom stereocenters. The lowest BCUT2D eigenvalue weighted by molar-refractivity contribution is -0.107. The van der Waals surface area contributed by atoms with Gasteiger partial charge >= 0.3 is 6.03 Å². The van der Waals surface area contributed by atoms with E-state index in [1.807, 2.05) is 18.2 Å². The molecule has 0 aliphatic carbocycles. The number of nitrogens with two attached hydrogens (primary N) is 1. The van der Waals surface area contributed by atoms with Gasteiger partial charge in [-0.1, -0.05) is 30.3 Å². The summed E-state index contributed by atoms with van der Waals surface area (Å²) in [6, 6.07) is 10.4. The molecule has 0 aromatic heterocycles. The van der Waals surface area contributed by atoms with E-state index in [0.717, 1.165) is 45.1 Å². The Balaban J connectivity index is 2.01. The zero-order valence-electron chi connectivity index (χ0n) is 12.9. The molecule has 5 heteroatoms. The number of unbranched alkanes of at least 4 members (excludes halogenated alkanes) is 2. The Hall–Kier alpha value is -1.88. The summed E-state index contributed by atoms with van der Waals surface area (Å²) in [5.74, 6) is 0. The highest BCUT2D eigenvalue weighted by molar-refractivity contribution is 5.71. The highest BCUT2D eigenvalue weighted by Gasteiger charge is 2.29. The molecule has 2 amide bonds. The summed E-state index contributed by atoms with van der Waals surface area (Å²) in [7, 11) is 0. The van der Waals surface area contributed by atoms with Crippen molar-refractivity contribution in [1.82, 2.24) is 10.2 Å². The van der Waals surface area contributed by atoms with Crippen molar-refractivity contribution in [3.05, 3.63) is 35.9 Å². The van der Waals surface area contributed by atoms with Crippen molar-refractivity contribution in [3.8, 4) is 0 Å².